The maximum Gasteiger partial charge on any atom is 0.472 e. The number of aliphatic hydroxyl groups excluding tert-OH is 1. The van der Waals surface area contributed by atoms with Crippen LogP contribution in [0, 0.1) is 5.92 Å². The average Bonchev–Trinajstić information content (AvgIpc) is 4.05. The Balaban J connectivity index is 1.07. The van der Waals surface area contributed by atoms with Crippen molar-refractivity contribution < 1.29 is 56.2 Å². The van der Waals surface area contributed by atoms with E-state index >= 15 is 4.39 Å². The summed E-state index contributed by atoms with van der Waals surface area (Å²) in [6, 6.07) is 8.57. The lowest BCUT2D eigenvalue weighted by Gasteiger charge is -2.40. The van der Waals surface area contributed by atoms with Crippen LogP contribution in [0.1, 0.15) is 57.4 Å². The first-order chi connectivity index (χ1) is 29.7. The Morgan fingerprint density at radius 3 is 2.44 bits per heavy atom. The number of H-pyrrole nitrogens is 1. The number of hydrogen-bond acceptors (Lipinski definition) is 16. The van der Waals surface area contributed by atoms with Crippen LogP contribution in [0.5, 0.6) is 0 Å². The highest BCUT2D eigenvalue weighted by Crippen LogP contribution is 2.55. The predicted molar refractivity (Wildman–Crippen MR) is 223 cm³/mol. The van der Waals surface area contributed by atoms with Gasteiger partial charge in [0.1, 0.15) is 36.3 Å². The van der Waals surface area contributed by atoms with Crippen LogP contribution in [-0.2, 0) is 37.0 Å². The van der Waals surface area contributed by atoms with Gasteiger partial charge in [-0.3, -0.25) is 42.9 Å². The Hall–Kier alpha value is -4.88. The summed E-state index contributed by atoms with van der Waals surface area (Å²) in [5, 5.41) is 15.0. The number of nitrogens with one attached hydrogen (secondary N) is 3. The van der Waals surface area contributed by atoms with Crippen molar-refractivity contribution in [1.29, 1.82) is 0 Å². The monoisotopic (exact) mass is 914 g/mol. The number of anilines is 2. The molecule has 3 fully saturated rings. The maximum atomic E-state index is 16.0. The van der Waals surface area contributed by atoms with E-state index in [2.05, 4.69) is 40.5 Å². The summed E-state index contributed by atoms with van der Waals surface area (Å²) in [6.45, 7) is 11.8. The Morgan fingerprint density at radius 2 is 1.76 bits per heavy atom. The topological polar surface area (TPSA) is 278 Å². The number of carbonyl (C=O) groups excluding carboxylic acids is 2. The SMILES string of the molecule is CC(C)C(=O)Nc1nc2c(ncn2[C@@H]2O[C@H](CO)[C@H](F)[C@H]2OP(=O)(O)OC[C@@]23CO[C@@H]([C@H](n4cnc5c(NC(=O)c6ccccc6)ncnc54)O2)[C@@H]3O[Si](C)(C)C(C)(C)C)c(=O)[nH]1. The number of fused-ring (bicyclic) bond motifs is 4. The number of phosphoric acid groups is 1. The van der Waals surface area contributed by atoms with Crippen LogP contribution in [-0.4, -0.2) is 125 Å². The van der Waals surface area contributed by atoms with Crippen LogP contribution in [0.3, 0.4) is 0 Å². The fraction of sp³-hybridized carbons (Fsp3) is 0.526. The number of amides is 2. The molecule has 3 aliphatic heterocycles. The Morgan fingerprint density at radius 1 is 1.06 bits per heavy atom. The maximum absolute atomic E-state index is 16.0. The quantitative estimate of drug-likeness (QED) is 0.0786. The molecule has 2 amide bonds. The van der Waals surface area contributed by atoms with Crippen LogP contribution >= 0.6 is 7.82 Å². The number of phosphoric ester groups is 1. The zero-order valence-electron chi connectivity index (χ0n) is 35.3. The zero-order chi connectivity index (χ0) is 45.2. The van der Waals surface area contributed by atoms with E-state index in [4.69, 9.17) is 27.7 Å². The molecule has 4 aromatic heterocycles. The molecule has 3 aliphatic rings. The molecule has 63 heavy (non-hydrogen) atoms. The van der Waals surface area contributed by atoms with Crippen molar-refractivity contribution in [2.75, 3.05) is 30.5 Å². The third kappa shape index (κ3) is 8.35. The minimum atomic E-state index is -5.27. The predicted octanol–water partition coefficient (Wildman–Crippen LogP) is 3.59. The van der Waals surface area contributed by atoms with E-state index < -0.39 is 101 Å². The largest absolute Gasteiger partial charge is 0.472 e. The van der Waals surface area contributed by atoms with Gasteiger partial charge in [0, 0.05) is 11.5 Å². The van der Waals surface area contributed by atoms with Crippen molar-refractivity contribution >= 4 is 62.0 Å². The summed E-state index contributed by atoms with van der Waals surface area (Å²) in [7, 11) is -7.90. The third-order valence-electron chi connectivity index (χ3n) is 11.7. The molecule has 0 saturated carbocycles. The fourth-order valence-electron chi connectivity index (χ4n) is 7.27. The standard InChI is InChI=1S/C38H48FN10O12PSi/c1-19(2)31(51)46-36-45-30-24(33(53)47-36)43-18-49(30)34-25(22(39)21(13-50)58-34)60-62(54,55)57-15-38-14-56-26(27(38)61-63(6,7)37(3,4)5)35(59-38)48-17-42-23-28(40-16-41-29(23)48)44-32(52)20-11-9-8-10-12-20/h8-12,16-19,21-22,25-27,34-35,50H,13-15H2,1-7H3,(H,54,55)(H,40,41,44,52)(H2,45,46,47,51,53)/t21-,22+,25-,26-,27+,34-,35-,38-/m1/s1. The minimum absolute atomic E-state index is 0.141. The molecule has 3 saturated heterocycles. The highest BCUT2D eigenvalue weighted by atomic mass is 31.2. The normalized spacial score (nSPS) is 27.1. The van der Waals surface area contributed by atoms with Crippen LogP contribution in [0.2, 0.25) is 18.1 Å². The Kier molecular flexibility index (Phi) is 11.8. The second-order valence-corrected chi connectivity index (χ2v) is 23.6. The lowest BCUT2D eigenvalue weighted by Crippen LogP contribution is -2.53. The van der Waals surface area contributed by atoms with Crippen LogP contribution in [0.4, 0.5) is 16.2 Å². The van der Waals surface area contributed by atoms with Gasteiger partial charge in [0.2, 0.25) is 11.9 Å². The van der Waals surface area contributed by atoms with Crippen LogP contribution in [0.15, 0.2) is 54.1 Å². The van der Waals surface area contributed by atoms with Gasteiger partial charge in [0.25, 0.3) is 11.5 Å². The molecule has 0 radical (unpaired) electrons. The summed E-state index contributed by atoms with van der Waals surface area (Å²) >= 11 is 0. The van der Waals surface area contributed by atoms with Gasteiger partial charge in [-0.15, -0.1) is 0 Å². The van der Waals surface area contributed by atoms with E-state index in [0.29, 0.717) is 5.56 Å². The van der Waals surface area contributed by atoms with Crippen LogP contribution in [0.25, 0.3) is 22.3 Å². The molecule has 1 aromatic carbocycles. The van der Waals surface area contributed by atoms with Gasteiger partial charge in [0.05, 0.1) is 32.5 Å². The highest BCUT2D eigenvalue weighted by Gasteiger charge is 2.65. The van der Waals surface area contributed by atoms with Crippen molar-refractivity contribution in [1.82, 2.24) is 39.0 Å². The number of aromatic amines is 1. The molecule has 22 nitrogen and oxygen atoms in total. The summed E-state index contributed by atoms with van der Waals surface area (Å²) in [5.41, 5.74) is -1.72. The highest BCUT2D eigenvalue weighted by molar-refractivity contribution is 7.47. The molecule has 1 unspecified atom stereocenters. The number of rotatable bonds is 14. The van der Waals surface area contributed by atoms with Gasteiger partial charge in [-0.1, -0.05) is 52.8 Å². The minimum Gasteiger partial charge on any atom is -0.408 e. The van der Waals surface area contributed by atoms with Crippen molar-refractivity contribution in [3.63, 3.8) is 0 Å². The number of alkyl halides is 1. The fourth-order valence-corrected chi connectivity index (χ4v) is 9.58. The smallest absolute Gasteiger partial charge is 0.408 e. The van der Waals surface area contributed by atoms with Crippen molar-refractivity contribution in [2.24, 2.45) is 5.92 Å². The number of aromatic nitrogens is 8. The number of imidazole rings is 2. The average molecular weight is 915 g/mol. The number of hydrogen-bond donors (Lipinski definition) is 5. The second-order valence-electron chi connectivity index (χ2n) is 17.4. The van der Waals surface area contributed by atoms with Crippen molar-refractivity contribution in [3.8, 4) is 0 Å². The number of aliphatic hydroxyl groups is 1. The summed E-state index contributed by atoms with van der Waals surface area (Å²) < 4.78 is 69.5. The molecule has 5 aromatic rings. The zero-order valence-corrected chi connectivity index (χ0v) is 37.2. The molecule has 5 N–H and O–H groups in total. The Labute approximate surface area is 359 Å². The summed E-state index contributed by atoms with van der Waals surface area (Å²) in [6.07, 6.45) is -6.10. The van der Waals surface area contributed by atoms with E-state index in [1.807, 2.05) is 33.9 Å². The van der Waals surface area contributed by atoms with Gasteiger partial charge < -0.3 is 34.0 Å². The molecule has 338 valence electrons. The van der Waals surface area contributed by atoms with Gasteiger partial charge in [-0.25, -0.2) is 28.9 Å². The molecular weight excluding hydrogens is 867 g/mol. The van der Waals surface area contributed by atoms with Crippen LogP contribution < -0.4 is 16.2 Å². The summed E-state index contributed by atoms with van der Waals surface area (Å²) in [4.78, 5) is 73.6. The summed E-state index contributed by atoms with van der Waals surface area (Å²) in [5.74, 6) is -1.42. The molecule has 9 atom stereocenters. The van der Waals surface area contributed by atoms with Gasteiger partial charge in [-0.2, -0.15) is 4.98 Å². The first-order valence-corrected chi connectivity index (χ1v) is 24.5. The van der Waals surface area contributed by atoms with E-state index in [9.17, 15) is 28.9 Å². The molecule has 7 heterocycles. The van der Waals surface area contributed by atoms with Gasteiger partial charge in [0.15, 0.2) is 55.1 Å². The molecule has 0 aliphatic carbocycles. The number of nitrogens with zero attached hydrogens (tertiary/aromatic N) is 7. The number of benzene rings is 1. The van der Waals surface area contributed by atoms with Crippen molar-refractivity contribution in [3.05, 3.63) is 65.2 Å². The molecule has 2 bridgehead atoms. The van der Waals surface area contributed by atoms with E-state index in [0.717, 1.165) is 10.9 Å². The number of carbonyl (C=O) groups is 2. The van der Waals surface area contributed by atoms with E-state index in [-0.39, 0.29) is 45.7 Å². The Bertz CT molecular complexity index is 2640. The number of halogens is 1. The first-order valence-electron chi connectivity index (χ1n) is 20.1. The molecular formula is C38H48FN10O12PSi. The number of ether oxygens (including phenoxy) is 3. The van der Waals surface area contributed by atoms with E-state index in [1.165, 1.54) is 12.7 Å². The van der Waals surface area contributed by atoms with E-state index in [1.54, 1.807) is 48.7 Å². The molecule has 8 rings (SSSR count). The van der Waals surface area contributed by atoms with Crippen molar-refractivity contribution in [2.45, 2.75) is 101 Å². The second kappa shape index (κ2) is 16.6. The van der Waals surface area contributed by atoms with Gasteiger partial charge >= 0.3 is 7.82 Å². The first kappa shape index (κ1) is 44.7. The lowest BCUT2D eigenvalue weighted by atomic mass is 10.0. The third-order valence-corrected chi connectivity index (χ3v) is 17.2. The molecule has 0 spiro atoms. The molecule has 25 heteroatoms. The van der Waals surface area contributed by atoms with Gasteiger partial charge in [-0.05, 0) is 30.3 Å². The lowest BCUT2D eigenvalue weighted by molar-refractivity contribution is -0.184.